The normalized spacial score (nSPS) is 18.9. The van der Waals surface area contributed by atoms with Crippen molar-refractivity contribution in [2.24, 2.45) is 11.7 Å². The van der Waals surface area contributed by atoms with Gasteiger partial charge in [-0.3, -0.25) is 9.78 Å². The van der Waals surface area contributed by atoms with Crippen LogP contribution in [0.3, 0.4) is 0 Å². The van der Waals surface area contributed by atoms with Crippen LogP contribution in [0.25, 0.3) is 10.9 Å². The second-order valence-corrected chi connectivity index (χ2v) is 5.59. The van der Waals surface area contributed by atoms with Crippen molar-refractivity contribution in [3.8, 4) is 0 Å². The molecule has 1 saturated heterocycles. The molecule has 0 unspecified atom stereocenters. The third-order valence-corrected chi connectivity index (χ3v) is 4.05. The van der Waals surface area contributed by atoms with Crippen molar-refractivity contribution in [1.82, 2.24) is 4.98 Å². The van der Waals surface area contributed by atoms with Crippen LogP contribution < -0.4 is 10.6 Å². The minimum atomic E-state index is -0.306. The lowest BCUT2D eigenvalue weighted by Gasteiger charge is -2.34. The number of nitrogens with zero attached hydrogens (tertiary/aromatic N) is 2. The second-order valence-electron chi connectivity index (χ2n) is 5.59. The van der Waals surface area contributed by atoms with Crippen molar-refractivity contribution in [3.05, 3.63) is 36.3 Å². The first-order chi connectivity index (χ1) is 10.1. The number of aromatic nitrogens is 1. The zero-order valence-electron chi connectivity index (χ0n) is 11.8. The van der Waals surface area contributed by atoms with Gasteiger partial charge in [0.15, 0.2) is 0 Å². The van der Waals surface area contributed by atoms with Gasteiger partial charge in [0, 0.05) is 36.8 Å². The molecule has 1 aromatic carbocycles. The van der Waals surface area contributed by atoms with Crippen molar-refractivity contribution in [2.75, 3.05) is 18.0 Å². The van der Waals surface area contributed by atoms with E-state index in [-0.39, 0.29) is 17.6 Å². The van der Waals surface area contributed by atoms with Crippen LogP contribution in [0.4, 0.5) is 10.1 Å². The number of hydrogen-bond donors (Lipinski definition) is 1. The highest BCUT2D eigenvalue weighted by Gasteiger charge is 2.23. The van der Waals surface area contributed by atoms with Crippen molar-refractivity contribution < 1.29 is 9.18 Å². The van der Waals surface area contributed by atoms with Crippen LogP contribution in [0.5, 0.6) is 0 Å². The molecule has 0 radical (unpaired) electrons. The minimum Gasteiger partial charge on any atom is -0.371 e. The number of rotatable bonds is 3. The predicted octanol–water partition coefficient (Wildman–Crippen LogP) is 2.47. The Hall–Kier alpha value is -2.17. The summed E-state index contributed by atoms with van der Waals surface area (Å²) in [6.07, 6.45) is 4.07. The molecule has 21 heavy (non-hydrogen) atoms. The van der Waals surface area contributed by atoms with Gasteiger partial charge < -0.3 is 10.6 Å². The summed E-state index contributed by atoms with van der Waals surface area (Å²) < 4.78 is 13.8. The molecule has 1 aromatic heterocycles. The van der Waals surface area contributed by atoms with Gasteiger partial charge in [0.2, 0.25) is 5.91 Å². The summed E-state index contributed by atoms with van der Waals surface area (Å²) >= 11 is 0. The number of hydrogen-bond acceptors (Lipinski definition) is 3. The summed E-state index contributed by atoms with van der Waals surface area (Å²) in [4.78, 5) is 17.4. The van der Waals surface area contributed by atoms with E-state index in [2.05, 4.69) is 9.88 Å². The molecule has 0 spiro atoms. The molecule has 0 aliphatic carbocycles. The highest BCUT2D eigenvalue weighted by molar-refractivity contribution is 5.91. The molecular formula is C16H18FN3O. The van der Waals surface area contributed by atoms with E-state index in [4.69, 9.17) is 5.73 Å². The van der Waals surface area contributed by atoms with Crippen LogP contribution in [0.2, 0.25) is 0 Å². The Bertz CT molecular complexity index is 674. The molecule has 1 aliphatic heterocycles. The summed E-state index contributed by atoms with van der Waals surface area (Å²) in [6.45, 7) is 1.68. The first-order valence-corrected chi connectivity index (χ1v) is 7.21. The lowest BCUT2D eigenvalue weighted by molar-refractivity contribution is -0.118. The number of halogens is 1. The number of anilines is 1. The van der Waals surface area contributed by atoms with E-state index in [9.17, 15) is 9.18 Å². The number of fused-ring (bicyclic) bond motifs is 1. The molecule has 1 aliphatic rings. The van der Waals surface area contributed by atoms with Crippen LogP contribution in [-0.4, -0.2) is 24.0 Å². The lowest BCUT2D eigenvalue weighted by atomic mass is 9.94. The van der Waals surface area contributed by atoms with E-state index in [1.54, 1.807) is 12.3 Å². The fourth-order valence-corrected chi connectivity index (χ4v) is 3.14. The Balaban J connectivity index is 1.93. The number of piperidine rings is 1. The third-order valence-electron chi connectivity index (χ3n) is 4.05. The maximum Gasteiger partial charge on any atom is 0.217 e. The summed E-state index contributed by atoms with van der Waals surface area (Å²) in [7, 11) is 0. The fraction of sp³-hybridized carbons (Fsp3) is 0.375. The van der Waals surface area contributed by atoms with Crippen LogP contribution in [-0.2, 0) is 4.79 Å². The van der Waals surface area contributed by atoms with Gasteiger partial charge in [-0.2, -0.15) is 0 Å². The minimum absolute atomic E-state index is 0.257. The molecule has 2 N–H and O–H groups in total. The van der Waals surface area contributed by atoms with Crippen LogP contribution >= 0.6 is 0 Å². The zero-order chi connectivity index (χ0) is 14.8. The topological polar surface area (TPSA) is 59.2 Å². The Labute approximate surface area is 122 Å². The van der Waals surface area contributed by atoms with Gasteiger partial charge in [-0.25, -0.2) is 4.39 Å². The number of pyridine rings is 1. The van der Waals surface area contributed by atoms with Crippen molar-refractivity contribution >= 4 is 22.5 Å². The first kappa shape index (κ1) is 13.8. The molecule has 110 valence electrons. The van der Waals surface area contributed by atoms with E-state index in [0.717, 1.165) is 37.0 Å². The van der Waals surface area contributed by atoms with Crippen molar-refractivity contribution in [1.29, 1.82) is 0 Å². The highest BCUT2D eigenvalue weighted by Crippen LogP contribution is 2.30. The SMILES string of the molecule is NC(=O)C[C@@H]1CCCN(c2ccnc3c(F)cccc23)C1. The van der Waals surface area contributed by atoms with Gasteiger partial charge in [-0.05, 0) is 30.9 Å². The Kier molecular flexibility index (Phi) is 3.73. The fourth-order valence-electron chi connectivity index (χ4n) is 3.14. The molecule has 4 nitrogen and oxygen atoms in total. The lowest BCUT2D eigenvalue weighted by Crippen LogP contribution is -2.37. The van der Waals surface area contributed by atoms with E-state index in [1.165, 1.54) is 6.07 Å². The predicted molar refractivity (Wildman–Crippen MR) is 80.4 cm³/mol. The van der Waals surface area contributed by atoms with Gasteiger partial charge in [0.25, 0.3) is 0 Å². The molecule has 2 aromatic rings. The maximum atomic E-state index is 13.8. The smallest absolute Gasteiger partial charge is 0.217 e. The van der Waals surface area contributed by atoms with Gasteiger partial charge in [0.05, 0.1) is 0 Å². The molecule has 1 amide bonds. The number of benzene rings is 1. The van der Waals surface area contributed by atoms with E-state index >= 15 is 0 Å². The summed E-state index contributed by atoms with van der Waals surface area (Å²) in [5.74, 6) is -0.291. The zero-order valence-corrected chi connectivity index (χ0v) is 11.8. The number of nitrogens with two attached hydrogens (primary N) is 1. The van der Waals surface area contributed by atoms with Gasteiger partial charge in [0.1, 0.15) is 11.3 Å². The molecule has 2 heterocycles. The Morgan fingerprint density at radius 2 is 2.29 bits per heavy atom. The number of carbonyl (C=O) groups excluding carboxylic acids is 1. The largest absolute Gasteiger partial charge is 0.371 e. The highest BCUT2D eigenvalue weighted by atomic mass is 19.1. The molecule has 5 heteroatoms. The monoisotopic (exact) mass is 287 g/mol. The molecule has 0 saturated carbocycles. The quantitative estimate of drug-likeness (QED) is 0.943. The number of amides is 1. The number of carbonyl (C=O) groups is 1. The Morgan fingerprint density at radius 1 is 1.43 bits per heavy atom. The second kappa shape index (κ2) is 5.68. The van der Waals surface area contributed by atoms with Gasteiger partial charge >= 0.3 is 0 Å². The van der Waals surface area contributed by atoms with Crippen LogP contribution in [0.1, 0.15) is 19.3 Å². The van der Waals surface area contributed by atoms with Crippen LogP contribution in [0.15, 0.2) is 30.5 Å². The first-order valence-electron chi connectivity index (χ1n) is 7.21. The average Bonchev–Trinajstić information content (AvgIpc) is 2.47. The van der Waals surface area contributed by atoms with E-state index in [0.29, 0.717) is 11.9 Å². The summed E-state index contributed by atoms with van der Waals surface area (Å²) in [6, 6.07) is 6.92. The van der Waals surface area contributed by atoms with E-state index < -0.39 is 0 Å². The molecule has 1 fully saturated rings. The maximum absolute atomic E-state index is 13.8. The average molecular weight is 287 g/mol. The van der Waals surface area contributed by atoms with Crippen LogP contribution in [0, 0.1) is 11.7 Å². The summed E-state index contributed by atoms with van der Waals surface area (Å²) in [5, 5.41) is 0.817. The number of primary amides is 1. The standard InChI is InChI=1S/C16H18FN3O/c17-13-5-1-4-12-14(6-7-19-16(12)13)20-8-2-3-11(10-20)9-15(18)21/h1,4-7,11H,2-3,8-10H2,(H2,18,21)/t11-/m0/s1. The van der Waals surface area contributed by atoms with Gasteiger partial charge in [-0.1, -0.05) is 12.1 Å². The number of para-hydroxylation sites is 1. The summed E-state index contributed by atoms with van der Waals surface area (Å²) in [5.41, 5.74) is 6.68. The van der Waals surface area contributed by atoms with Crippen molar-refractivity contribution in [2.45, 2.75) is 19.3 Å². The van der Waals surface area contributed by atoms with E-state index in [1.807, 2.05) is 12.1 Å². The molecule has 0 bridgehead atoms. The molecule has 1 atom stereocenters. The molecule has 3 rings (SSSR count). The third kappa shape index (κ3) is 2.82. The van der Waals surface area contributed by atoms with Crippen molar-refractivity contribution in [3.63, 3.8) is 0 Å². The Morgan fingerprint density at radius 3 is 3.10 bits per heavy atom. The van der Waals surface area contributed by atoms with Gasteiger partial charge in [-0.15, -0.1) is 0 Å². The molecular weight excluding hydrogens is 269 g/mol.